The number of phenols is 2. The van der Waals surface area contributed by atoms with E-state index in [4.69, 9.17) is 5.73 Å². The number of halogens is 2. The minimum atomic E-state index is -4.00. The number of hydrogen-bond acceptors (Lipinski definition) is 5. The number of nitrogens with two attached hydrogens (primary N) is 1. The van der Waals surface area contributed by atoms with Gasteiger partial charge in [0.1, 0.15) is 6.04 Å². The molecule has 0 bridgehead atoms. The van der Waals surface area contributed by atoms with Gasteiger partial charge >= 0.3 is 11.9 Å². The van der Waals surface area contributed by atoms with Crippen LogP contribution in [-0.4, -0.2) is 28.7 Å². The van der Waals surface area contributed by atoms with Crippen molar-refractivity contribution in [2.24, 2.45) is 5.73 Å². The Balaban J connectivity index is 3.09. The normalized spacial score (nSPS) is 13.1. The van der Waals surface area contributed by atoms with Crippen molar-refractivity contribution >= 4 is 5.97 Å². The van der Waals surface area contributed by atoms with Crippen LogP contribution in [0.1, 0.15) is 18.5 Å². The molecule has 0 aromatic heterocycles. The second kappa shape index (κ2) is 5.18. The topological polar surface area (TPSA) is 92.8 Å². The number of hydrogen-bond donors (Lipinski definition) is 3. The lowest BCUT2D eigenvalue weighted by Gasteiger charge is -2.22. The van der Waals surface area contributed by atoms with Gasteiger partial charge in [-0.25, -0.2) is 4.79 Å². The van der Waals surface area contributed by atoms with Gasteiger partial charge in [-0.15, -0.1) is 0 Å². The van der Waals surface area contributed by atoms with Gasteiger partial charge in [0.2, 0.25) is 0 Å². The maximum atomic E-state index is 13.6. The van der Waals surface area contributed by atoms with E-state index in [0.29, 0.717) is 0 Å². The van der Waals surface area contributed by atoms with Crippen molar-refractivity contribution in [3.8, 4) is 11.5 Å². The van der Waals surface area contributed by atoms with E-state index in [2.05, 4.69) is 4.74 Å². The molecule has 0 saturated heterocycles. The molecule has 18 heavy (non-hydrogen) atoms. The first-order valence-electron chi connectivity index (χ1n) is 5.13. The zero-order valence-electron chi connectivity index (χ0n) is 9.56. The highest BCUT2D eigenvalue weighted by atomic mass is 19.3. The maximum Gasteiger partial charge on any atom is 0.379 e. The summed E-state index contributed by atoms with van der Waals surface area (Å²) >= 11 is 0. The average Bonchev–Trinajstić information content (AvgIpc) is 2.32. The van der Waals surface area contributed by atoms with E-state index in [1.807, 2.05) is 0 Å². The van der Waals surface area contributed by atoms with Crippen LogP contribution in [0.5, 0.6) is 11.5 Å². The molecule has 7 heteroatoms. The minimum Gasteiger partial charge on any atom is -0.504 e. The fraction of sp³-hybridized carbons (Fsp3) is 0.364. The van der Waals surface area contributed by atoms with Gasteiger partial charge in [0, 0.05) is 5.56 Å². The van der Waals surface area contributed by atoms with Gasteiger partial charge in [-0.3, -0.25) is 0 Å². The van der Waals surface area contributed by atoms with Crippen LogP contribution in [-0.2, 0) is 9.53 Å². The average molecular weight is 261 g/mol. The molecule has 0 spiro atoms. The van der Waals surface area contributed by atoms with Crippen molar-refractivity contribution in [2.45, 2.75) is 18.9 Å². The van der Waals surface area contributed by atoms with Crippen LogP contribution in [0.25, 0.3) is 0 Å². The minimum absolute atomic E-state index is 0.215. The fourth-order valence-corrected chi connectivity index (χ4v) is 1.35. The van der Waals surface area contributed by atoms with E-state index in [-0.39, 0.29) is 6.61 Å². The predicted molar refractivity (Wildman–Crippen MR) is 58.3 cm³/mol. The Morgan fingerprint density at radius 1 is 1.50 bits per heavy atom. The summed E-state index contributed by atoms with van der Waals surface area (Å²) in [6.45, 7) is 1.17. The van der Waals surface area contributed by atoms with E-state index < -0.39 is 35.0 Å². The first-order valence-corrected chi connectivity index (χ1v) is 5.13. The number of carbonyl (C=O) groups excluding carboxylic acids is 1. The van der Waals surface area contributed by atoms with Gasteiger partial charge in [-0.1, -0.05) is 12.1 Å². The molecule has 0 aliphatic carbocycles. The molecule has 0 radical (unpaired) electrons. The number of ether oxygens (including phenoxy) is 1. The molecule has 0 heterocycles. The zero-order chi connectivity index (χ0) is 13.9. The summed E-state index contributed by atoms with van der Waals surface area (Å²) in [7, 11) is 0. The van der Waals surface area contributed by atoms with Gasteiger partial charge in [0.05, 0.1) is 6.61 Å². The van der Waals surface area contributed by atoms with Crippen molar-refractivity contribution in [2.75, 3.05) is 6.61 Å². The lowest BCUT2D eigenvalue weighted by atomic mass is 10.00. The molecule has 100 valence electrons. The summed E-state index contributed by atoms with van der Waals surface area (Å²) < 4.78 is 31.4. The number of benzene rings is 1. The highest BCUT2D eigenvalue weighted by molar-refractivity contribution is 5.79. The maximum absolute atomic E-state index is 13.6. The number of carbonyl (C=O) groups is 1. The Kier molecular flexibility index (Phi) is 4.07. The number of rotatable bonds is 4. The Hall–Kier alpha value is -1.89. The van der Waals surface area contributed by atoms with Crippen LogP contribution in [0, 0.1) is 0 Å². The van der Waals surface area contributed by atoms with Crippen LogP contribution < -0.4 is 5.73 Å². The van der Waals surface area contributed by atoms with Crippen LogP contribution in [0.2, 0.25) is 0 Å². The molecule has 0 fully saturated rings. The number of para-hydroxylation sites is 1. The van der Waals surface area contributed by atoms with Crippen molar-refractivity contribution in [3.63, 3.8) is 0 Å². The number of phenolic OH excluding ortho intramolecular Hbond substituents is 2. The largest absolute Gasteiger partial charge is 0.504 e. The first-order chi connectivity index (χ1) is 8.32. The zero-order valence-corrected chi connectivity index (χ0v) is 9.56. The molecular formula is C11H13F2NO4. The third-order valence-electron chi connectivity index (χ3n) is 2.32. The number of alkyl halides is 2. The molecule has 0 saturated carbocycles. The van der Waals surface area contributed by atoms with E-state index in [1.165, 1.54) is 13.0 Å². The molecule has 0 aliphatic heterocycles. The summed E-state index contributed by atoms with van der Waals surface area (Å²) in [4.78, 5) is 11.1. The van der Waals surface area contributed by atoms with Gasteiger partial charge in [-0.05, 0) is 13.0 Å². The molecule has 1 aromatic rings. The van der Waals surface area contributed by atoms with E-state index in [0.717, 1.165) is 12.1 Å². The highest BCUT2D eigenvalue weighted by Gasteiger charge is 2.48. The molecule has 0 aliphatic rings. The third-order valence-corrected chi connectivity index (χ3v) is 2.32. The van der Waals surface area contributed by atoms with Crippen molar-refractivity contribution in [1.82, 2.24) is 0 Å². The predicted octanol–water partition coefficient (Wildman–Crippen LogP) is 1.30. The molecule has 1 rings (SSSR count). The smallest absolute Gasteiger partial charge is 0.379 e. The molecule has 0 unspecified atom stereocenters. The molecular weight excluding hydrogens is 248 g/mol. The second-order valence-electron chi connectivity index (χ2n) is 3.54. The van der Waals surface area contributed by atoms with Crippen LogP contribution in [0.3, 0.4) is 0 Å². The summed E-state index contributed by atoms with van der Waals surface area (Å²) in [6.07, 6.45) is 0. The Bertz CT molecular complexity index is 451. The first kappa shape index (κ1) is 14.2. The number of aromatic hydroxyl groups is 2. The lowest BCUT2D eigenvalue weighted by molar-refractivity contribution is -0.174. The molecule has 0 amide bonds. The lowest BCUT2D eigenvalue weighted by Crippen LogP contribution is -2.41. The SMILES string of the molecule is CCOC(=O)C(F)(F)[C@H](N)c1cccc(O)c1O. The van der Waals surface area contributed by atoms with Crippen LogP contribution in [0.4, 0.5) is 8.78 Å². The van der Waals surface area contributed by atoms with Crippen molar-refractivity contribution in [3.05, 3.63) is 23.8 Å². The van der Waals surface area contributed by atoms with Crippen LogP contribution >= 0.6 is 0 Å². The summed E-state index contributed by atoms with van der Waals surface area (Å²) in [5, 5.41) is 18.6. The summed E-state index contributed by atoms with van der Waals surface area (Å²) in [6, 6.07) is 1.32. The van der Waals surface area contributed by atoms with Crippen LogP contribution in [0.15, 0.2) is 18.2 Å². The molecule has 4 N–H and O–H groups in total. The monoisotopic (exact) mass is 261 g/mol. The van der Waals surface area contributed by atoms with Gasteiger partial charge in [0.15, 0.2) is 11.5 Å². The van der Waals surface area contributed by atoms with Gasteiger partial charge < -0.3 is 20.7 Å². The summed E-state index contributed by atoms with van der Waals surface area (Å²) in [5.41, 5.74) is 4.81. The van der Waals surface area contributed by atoms with Gasteiger partial charge in [0.25, 0.3) is 0 Å². The van der Waals surface area contributed by atoms with E-state index >= 15 is 0 Å². The molecule has 1 atom stereocenters. The number of esters is 1. The quantitative estimate of drug-likeness (QED) is 0.561. The second-order valence-corrected chi connectivity index (χ2v) is 3.54. The van der Waals surface area contributed by atoms with Crippen molar-refractivity contribution in [1.29, 1.82) is 0 Å². The molecule has 5 nitrogen and oxygen atoms in total. The Morgan fingerprint density at radius 3 is 2.67 bits per heavy atom. The highest BCUT2D eigenvalue weighted by Crippen LogP contribution is 2.38. The van der Waals surface area contributed by atoms with Crippen molar-refractivity contribution < 1.29 is 28.5 Å². The third kappa shape index (κ3) is 2.51. The Morgan fingerprint density at radius 2 is 2.11 bits per heavy atom. The van der Waals surface area contributed by atoms with Gasteiger partial charge in [-0.2, -0.15) is 8.78 Å². The Labute approximate surface area is 102 Å². The fourth-order valence-electron chi connectivity index (χ4n) is 1.35. The van der Waals surface area contributed by atoms with E-state index in [9.17, 15) is 23.8 Å². The standard InChI is InChI=1S/C11H13F2NO4/c1-2-18-10(17)11(12,13)9(14)6-4-3-5-7(15)8(6)16/h3-5,9,15-16H,2,14H2,1H3/t9-/m1/s1. The summed E-state index contributed by atoms with van der Waals surface area (Å²) in [5.74, 6) is -7.15. The van der Waals surface area contributed by atoms with E-state index in [1.54, 1.807) is 0 Å². The molecule has 1 aromatic carbocycles.